The summed E-state index contributed by atoms with van der Waals surface area (Å²) in [5.74, 6) is -0.800. The van der Waals surface area contributed by atoms with E-state index < -0.39 is 11.9 Å². The smallest absolute Gasteiger partial charge is 0.249 e. The van der Waals surface area contributed by atoms with Gasteiger partial charge >= 0.3 is 0 Å². The van der Waals surface area contributed by atoms with E-state index in [0.29, 0.717) is 13.0 Å². The number of benzene rings is 1. The molecular weight excluding hydrogens is 318 g/mol. The second-order valence-corrected chi connectivity index (χ2v) is 6.02. The lowest BCUT2D eigenvalue weighted by Crippen LogP contribution is -2.43. The summed E-state index contributed by atoms with van der Waals surface area (Å²) in [4.78, 5) is 27.8. The lowest BCUT2D eigenvalue weighted by Gasteiger charge is -2.26. The van der Waals surface area contributed by atoms with Crippen molar-refractivity contribution in [1.82, 2.24) is 4.90 Å². The summed E-state index contributed by atoms with van der Waals surface area (Å²) < 4.78 is 13.3. The number of nitrogens with zero attached hydrogens (tertiary/aromatic N) is 2. The van der Waals surface area contributed by atoms with E-state index in [1.54, 1.807) is 4.90 Å². The topological polar surface area (TPSA) is 40.6 Å². The fraction of sp³-hybridized carbons (Fsp3) is 0.429. The number of fused-ring (bicyclic) bond motifs is 1. The van der Waals surface area contributed by atoms with E-state index in [-0.39, 0.29) is 40.5 Å². The Bertz CT molecular complexity index is 600. The van der Waals surface area contributed by atoms with Crippen LogP contribution in [0.5, 0.6) is 0 Å². The normalized spacial score (nSPS) is 22.5. The van der Waals surface area contributed by atoms with E-state index in [0.717, 1.165) is 18.6 Å². The number of carbonyl (C=O) groups excluding carboxylic acids is 2. The molecule has 1 unspecified atom stereocenters. The quantitative estimate of drug-likeness (QED) is 0.794. The number of rotatable bonds is 1. The molecule has 2 aliphatic rings. The second-order valence-electron chi connectivity index (χ2n) is 5.20. The first kappa shape index (κ1) is 14.6. The van der Waals surface area contributed by atoms with Gasteiger partial charge in [0.1, 0.15) is 11.9 Å². The Balaban J connectivity index is 2.02. The molecule has 1 atom stereocenters. The molecule has 1 aromatic rings. The Morgan fingerprint density at radius 3 is 2.48 bits per heavy atom. The fourth-order valence-electron chi connectivity index (χ4n) is 2.98. The van der Waals surface area contributed by atoms with E-state index in [2.05, 4.69) is 0 Å². The molecular formula is C14H13Cl2FN2O2. The van der Waals surface area contributed by atoms with Crippen molar-refractivity contribution in [3.8, 4) is 0 Å². The number of amides is 2. The lowest BCUT2D eigenvalue weighted by atomic mass is 10.2. The van der Waals surface area contributed by atoms with E-state index in [1.807, 2.05) is 0 Å². The maximum Gasteiger partial charge on any atom is 0.249 e. The van der Waals surface area contributed by atoms with Gasteiger partial charge in [0, 0.05) is 19.5 Å². The van der Waals surface area contributed by atoms with Crippen molar-refractivity contribution in [2.45, 2.75) is 25.3 Å². The van der Waals surface area contributed by atoms with Crippen LogP contribution in [0.4, 0.5) is 10.1 Å². The third kappa shape index (κ3) is 2.49. The Morgan fingerprint density at radius 2 is 1.81 bits per heavy atom. The highest BCUT2D eigenvalue weighted by Gasteiger charge is 2.40. The predicted molar refractivity (Wildman–Crippen MR) is 78.1 cm³/mol. The summed E-state index contributed by atoms with van der Waals surface area (Å²) in [6.45, 7) is 0.809. The number of halogens is 3. The molecule has 0 N–H and O–H groups in total. The van der Waals surface area contributed by atoms with Gasteiger partial charge in [0.25, 0.3) is 0 Å². The van der Waals surface area contributed by atoms with E-state index >= 15 is 0 Å². The Labute approximate surface area is 131 Å². The molecule has 0 aliphatic carbocycles. The van der Waals surface area contributed by atoms with Crippen LogP contribution in [0.25, 0.3) is 0 Å². The van der Waals surface area contributed by atoms with Crippen molar-refractivity contribution >= 4 is 40.7 Å². The van der Waals surface area contributed by atoms with Crippen LogP contribution in [0.3, 0.4) is 0 Å². The molecule has 2 saturated heterocycles. The van der Waals surface area contributed by atoms with Crippen molar-refractivity contribution in [2.75, 3.05) is 18.0 Å². The SMILES string of the molecule is O=C1C2CCCN2C(=O)CCN1c1c(Cl)cc(F)cc1Cl. The Hall–Kier alpha value is -1.33. The van der Waals surface area contributed by atoms with Crippen LogP contribution in [-0.2, 0) is 9.59 Å². The number of anilines is 1. The van der Waals surface area contributed by atoms with Gasteiger partial charge < -0.3 is 9.80 Å². The molecule has 0 bridgehead atoms. The Morgan fingerprint density at radius 1 is 1.14 bits per heavy atom. The maximum absolute atomic E-state index is 13.3. The van der Waals surface area contributed by atoms with Gasteiger partial charge in [-0.3, -0.25) is 9.59 Å². The highest BCUT2D eigenvalue weighted by Crippen LogP contribution is 2.37. The minimum Gasteiger partial charge on any atom is -0.331 e. The van der Waals surface area contributed by atoms with E-state index in [4.69, 9.17) is 23.2 Å². The van der Waals surface area contributed by atoms with Crippen LogP contribution in [0, 0.1) is 5.82 Å². The molecule has 0 saturated carbocycles. The molecule has 7 heteroatoms. The number of hydrogen-bond donors (Lipinski definition) is 0. The van der Waals surface area contributed by atoms with Crippen LogP contribution in [0.2, 0.25) is 10.0 Å². The summed E-state index contributed by atoms with van der Waals surface area (Å²) >= 11 is 12.1. The molecule has 3 rings (SSSR count). The minimum absolute atomic E-state index is 0.0392. The fourth-order valence-corrected chi connectivity index (χ4v) is 3.64. The van der Waals surface area contributed by atoms with Gasteiger partial charge in [-0.1, -0.05) is 23.2 Å². The first-order valence-corrected chi connectivity index (χ1v) is 7.50. The minimum atomic E-state index is -0.561. The molecule has 2 heterocycles. The Kier molecular flexibility index (Phi) is 3.80. The molecule has 21 heavy (non-hydrogen) atoms. The van der Waals surface area contributed by atoms with E-state index in [9.17, 15) is 14.0 Å². The summed E-state index contributed by atoms with van der Waals surface area (Å²) in [6, 6.07) is 1.78. The van der Waals surface area contributed by atoms with Crippen LogP contribution in [-0.4, -0.2) is 35.8 Å². The number of hydrogen-bond acceptors (Lipinski definition) is 2. The average molecular weight is 331 g/mol. The molecule has 0 spiro atoms. The average Bonchev–Trinajstić information content (AvgIpc) is 2.85. The van der Waals surface area contributed by atoms with Crippen molar-refractivity contribution in [1.29, 1.82) is 0 Å². The highest BCUT2D eigenvalue weighted by atomic mass is 35.5. The van der Waals surface area contributed by atoms with Crippen molar-refractivity contribution in [2.24, 2.45) is 0 Å². The molecule has 1 aromatic carbocycles. The first-order chi connectivity index (χ1) is 9.99. The van der Waals surface area contributed by atoms with Gasteiger partial charge in [-0.25, -0.2) is 4.39 Å². The largest absolute Gasteiger partial charge is 0.331 e. The zero-order valence-corrected chi connectivity index (χ0v) is 12.6. The van der Waals surface area contributed by atoms with Gasteiger partial charge in [0.15, 0.2) is 0 Å². The summed E-state index contributed by atoms with van der Waals surface area (Å²) in [5, 5.41) is 0.152. The molecule has 0 radical (unpaired) electrons. The van der Waals surface area contributed by atoms with Crippen LogP contribution < -0.4 is 4.90 Å². The van der Waals surface area contributed by atoms with Gasteiger partial charge in [-0.2, -0.15) is 0 Å². The monoisotopic (exact) mass is 330 g/mol. The van der Waals surface area contributed by atoms with E-state index in [1.165, 1.54) is 4.90 Å². The molecule has 112 valence electrons. The zero-order valence-electron chi connectivity index (χ0n) is 11.1. The van der Waals surface area contributed by atoms with Crippen LogP contribution in [0.1, 0.15) is 19.3 Å². The standard InChI is InChI=1S/C14H13Cl2FN2O2/c15-9-6-8(17)7-10(16)13(9)19-5-3-12(20)18-4-1-2-11(18)14(19)21/h6-7,11H,1-5H2. The predicted octanol–water partition coefficient (Wildman–Crippen LogP) is 2.86. The maximum atomic E-state index is 13.3. The summed E-state index contributed by atoms with van der Waals surface area (Å²) in [7, 11) is 0. The second kappa shape index (κ2) is 5.46. The van der Waals surface area contributed by atoms with Crippen molar-refractivity contribution < 1.29 is 14.0 Å². The van der Waals surface area contributed by atoms with Crippen LogP contribution in [0.15, 0.2) is 12.1 Å². The molecule has 0 aromatic heterocycles. The summed E-state index contributed by atoms with van der Waals surface area (Å²) in [6.07, 6.45) is 1.66. The van der Waals surface area contributed by atoms with Crippen LogP contribution >= 0.6 is 23.2 Å². The third-order valence-electron chi connectivity index (χ3n) is 3.93. The van der Waals surface area contributed by atoms with Gasteiger partial charge in [-0.15, -0.1) is 0 Å². The first-order valence-electron chi connectivity index (χ1n) is 6.74. The van der Waals surface area contributed by atoms with Gasteiger partial charge in [0.2, 0.25) is 11.8 Å². The summed E-state index contributed by atoms with van der Waals surface area (Å²) in [5.41, 5.74) is 0.284. The number of carbonyl (C=O) groups is 2. The lowest BCUT2D eigenvalue weighted by molar-refractivity contribution is -0.135. The van der Waals surface area contributed by atoms with Gasteiger partial charge in [-0.05, 0) is 25.0 Å². The van der Waals surface area contributed by atoms with Crippen molar-refractivity contribution in [3.63, 3.8) is 0 Å². The van der Waals surface area contributed by atoms with Crippen molar-refractivity contribution in [3.05, 3.63) is 28.0 Å². The van der Waals surface area contributed by atoms with Gasteiger partial charge in [0.05, 0.1) is 15.7 Å². The molecule has 2 amide bonds. The molecule has 2 aliphatic heterocycles. The zero-order chi connectivity index (χ0) is 15.1. The molecule has 2 fully saturated rings. The highest BCUT2D eigenvalue weighted by molar-refractivity contribution is 6.40. The molecule has 4 nitrogen and oxygen atoms in total. The third-order valence-corrected chi connectivity index (χ3v) is 4.50.